The smallest absolute Gasteiger partial charge is 0.240 e. The van der Waals surface area contributed by atoms with Crippen LogP contribution in [0.2, 0.25) is 0 Å². The first-order valence-electron chi connectivity index (χ1n) is 6.45. The number of nitrogens with zero attached hydrogens (tertiary/aromatic N) is 2. The Morgan fingerprint density at radius 2 is 2.19 bits per heavy atom. The molecule has 0 fully saturated rings. The molecule has 21 heavy (non-hydrogen) atoms. The van der Waals surface area contributed by atoms with Crippen LogP contribution in [0.5, 0.6) is 0 Å². The SMILES string of the molecule is Cc1cnn(-c2ccc(S(=O)(=O)NCCCN)cc2F)c1. The average molecular weight is 312 g/mol. The minimum atomic E-state index is -3.72. The maximum atomic E-state index is 14.1. The summed E-state index contributed by atoms with van der Waals surface area (Å²) in [7, 11) is -3.72. The molecule has 1 heterocycles. The Kier molecular flexibility index (Phi) is 4.71. The summed E-state index contributed by atoms with van der Waals surface area (Å²) in [5, 5.41) is 4.00. The fourth-order valence-electron chi connectivity index (χ4n) is 1.78. The van der Waals surface area contributed by atoms with Crippen LogP contribution in [0.1, 0.15) is 12.0 Å². The molecule has 0 saturated carbocycles. The minimum absolute atomic E-state index is 0.121. The van der Waals surface area contributed by atoms with Crippen molar-refractivity contribution in [3.05, 3.63) is 42.0 Å². The molecule has 8 heteroatoms. The van der Waals surface area contributed by atoms with Gasteiger partial charge in [0.15, 0.2) is 0 Å². The van der Waals surface area contributed by atoms with Crippen molar-refractivity contribution in [1.82, 2.24) is 14.5 Å². The Morgan fingerprint density at radius 1 is 1.43 bits per heavy atom. The molecule has 0 atom stereocenters. The number of halogens is 1. The van der Waals surface area contributed by atoms with Crippen LogP contribution in [-0.2, 0) is 10.0 Å². The van der Waals surface area contributed by atoms with Crippen molar-refractivity contribution >= 4 is 10.0 Å². The van der Waals surface area contributed by atoms with E-state index in [4.69, 9.17) is 5.73 Å². The first-order chi connectivity index (χ1) is 9.94. The highest BCUT2D eigenvalue weighted by atomic mass is 32.2. The van der Waals surface area contributed by atoms with E-state index in [0.29, 0.717) is 13.0 Å². The van der Waals surface area contributed by atoms with Crippen molar-refractivity contribution in [3.8, 4) is 5.69 Å². The van der Waals surface area contributed by atoms with Crippen LogP contribution in [-0.4, -0.2) is 31.3 Å². The molecular weight excluding hydrogens is 295 g/mol. The van der Waals surface area contributed by atoms with Crippen molar-refractivity contribution in [2.24, 2.45) is 5.73 Å². The monoisotopic (exact) mass is 312 g/mol. The van der Waals surface area contributed by atoms with E-state index in [1.165, 1.54) is 16.8 Å². The fourth-order valence-corrected chi connectivity index (χ4v) is 2.86. The van der Waals surface area contributed by atoms with E-state index in [2.05, 4.69) is 9.82 Å². The lowest BCUT2D eigenvalue weighted by Crippen LogP contribution is -2.26. The van der Waals surface area contributed by atoms with E-state index in [1.54, 1.807) is 12.4 Å². The zero-order chi connectivity index (χ0) is 15.5. The Balaban J connectivity index is 2.26. The molecule has 114 valence electrons. The average Bonchev–Trinajstić information content (AvgIpc) is 2.85. The molecule has 0 aliphatic carbocycles. The molecule has 0 radical (unpaired) electrons. The molecule has 2 rings (SSSR count). The van der Waals surface area contributed by atoms with Crippen molar-refractivity contribution in [2.75, 3.05) is 13.1 Å². The number of nitrogens with two attached hydrogens (primary N) is 1. The van der Waals surface area contributed by atoms with Crippen molar-refractivity contribution in [2.45, 2.75) is 18.2 Å². The lowest BCUT2D eigenvalue weighted by atomic mass is 10.3. The van der Waals surface area contributed by atoms with Crippen LogP contribution in [0, 0.1) is 12.7 Å². The Labute approximate surface area is 122 Å². The van der Waals surface area contributed by atoms with Crippen molar-refractivity contribution < 1.29 is 12.8 Å². The number of aryl methyl sites for hydroxylation is 1. The summed E-state index contributed by atoms with van der Waals surface area (Å²) in [5.74, 6) is -0.653. The maximum absolute atomic E-state index is 14.1. The van der Waals surface area contributed by atoms with Gasteiger partial charge in [-0.3, -0.25) is 0 Å². The van der Waals surface area contributed by atoms with E-state index in [-0.39, 0.29) is 17.1 Å². The van der Waals surface area contributed by atoms with E-state index >= 15 is 0 Å². The van der Waals surface area contributed by atoms with Gasteiger partial charge in [0.2, 0.25) is 10.0 Å². The molecule has 6 nitrogen and oxygen atoms in total. The van der Waals surface area contributed by atoms with Crippen molar-refractivity contribution in [1.29, 1.82) is 0 Å². The van der Waals surface area contributed by atoms with Gasteiger partial charge in [0.1, 0.15) is 11.5 Å². The van der Waals surface area contributed by atoms with Gasteiger partial charge < -0.3 is 5.73 Å². The van der Waals surface area contributed by atoms with E-state index < -0.39 is 15.8 Å². The third-order valence-corrected chi connectivity index (χ3v) is 4.32. The first kappa shape index (κ1) is 15.6. The summed E-state index contributed by atoms with van der Waals surface area (Å²) in [6.45, 7) is 2.44. The largest absolute Gasteiger partial charge is 0.330 e. The van der Waals surface area contributed by atoms with Gasteiger partial charge in [-0.15, -0.1) is 0 Å². The van der Waals surface area contributed by atoms with Crippen LogP contribution in [0.3, 0.4) is 0 Å². The van der Waals surface area contributed by atoms with E-state index in [1.807, 2.05) is 6.92 Å². The van der Waals surface area contributed by atoms with Crippen LogP contribution < -0.4 is 10.5 Å². The van der Waals surface area contributed by atoms with Gasteiger partial charge in [-0.1, -0.05) is 0 Å². The summed E-state index contributed by atoms with van der Waals surface area (Å²) >= 11 is 0. The minimum Gasteiger partial charge on any atom is -0.330 e. The zero-order valence-electron chi connectivity index (χ0n) is 11.6. The number of hydrogen-bond acceptors (Lipinski definition) is 4. The molecule has 0 aliphatic heterocycles. The summed E-state index contributed by atoms with van der Waals surface area (Å²) in [5.41, 5.74) is 6.38. The molecule has 1 aromatic heterocycles. The fraction of sp³-hybridized carbons (Fsp3) is 0.308. The predicted octanol–water partition coefficient (Wildman–Crippen LogP) is 0.947. The highest BCUT2D eigenvalue weighted by Crippen LogP contribution is 2.18. The molecule has 3 N–H and O–H groups in total. The number of aromatic nitrogens is 2. The molecule has 0 unspecified atom stereocenters. The van der Waals surface area contributed by atoms with Gasteiger partial charge in [0, 0.05) is 12.7 Å². The number of sulfonamides is 1. The van der Waals surface area contributed by atoms with Crippen LogP contribution in [0.4, 0.5) is 4.39 Å². The van der Waals surface area contributed by atoms with Gasteiger partial charge in [0.25, 0.3) is 0 Å². The molecule has 0 spiro atoms. The van der Waals surface area contributed by atoms with Gasteiger partial charge in [0.05, 0.1) is 11.1 Å². The second-order valence-corrected chi connectivity index (χ2v) is 6.38. The topological polar surface area (TPSA) is 90.0 Å². The van der Waals surface area contributed by atoms with Gasteiger partial charge in [-0.05, 0) is 43.7 Å². The summed E-state index contributed by atoms with van der Waals surface area (Å²) in [4.78, 5) is -0.121. The summed E-state index contributed by atoms with van der Waals surface area (Å²) < 4.78 is 41.8. The molecule has 0 amide bonds. The lowest BCUT2D eigenvalue weighted by Gasteiger charge is -2.08. The van der Waals surface area contributed by atoms with Crippen LogP contribution in [0.15, 0.2) is 35.5 Å². The van der Waals surface area contributed by atoms with Crippen LogP contribution in [0.25, 0.3) is 5.69 Å². The normalized spacial score (nSPS) is 11.8. The van der Waals surface area contributed by atoms with Gasteiger partial charge in [-0.25, -0.2) is 22.2 Å². The van der Waals surface area contributed by atoms with E-state index in [9.17, 15) is 12.8 Å². The summed E-state index contributed by atoms with van der Waals surface area (Å²) in [6, 6.07) is 3.72. The maximum Gasteiger partial charge on any atom is 0.240 e. The van der Waals surface area contributed by atoms with Gasteiger partial charge >= 0.3 is 0 Å². The number of hydrogen-bond donors (Lipinski definition) is 2. The molecular formula is C13H17FN4O2S. The highest BCUT2D eigenvalue weighted by Gasteiger charge is 2.16. The number of nitrogens with one attached hydrogen (secondary N) is 1. The Morgan fingerprint density at radius 3 is 2.76 bits per heavy atom. The standard InChI is InChI=1S/C13H17FN4O2S/c1-10-8-16-18(9-10)13-4-3-11(7-12(13)14)21(19,20)17-6-2-5-15/h3-4,7-9,17H,2,5-6,15H2,1H3. The second-order valence-electron chi connectivity index (χ2n) is 4.62. The quantitative estimate of drug-likeness (QED) is 0.777. The third kappa shape index (κ3) is 3.66. The number of benzene rings is 1. The molecule has 0 saturated heterocycles. The molecule has 2 aromatic rings. The molecule has 1 aromatic carbocycles. The van der Waals surface area contributed by atoms with Crippen molar-refractivity contribution in [3.63, 3.8) is 0 Å². The van der Waals surface area contributed by atoms with E-state index in [0.717, 1.165) is 11.6 Å². The first-order valence-corrected chi connectivity index (χ1v) is 7.93. The third-order valence-electron chi connectivity index (χ3n) is 2.86. The second kappa shape index (κ2) is 6.33. The molecule has 0 aliphatic rings. The Bertz CT molecular complexity index is 728. The highest BCUT2D eigenvalue weighted by molar-refractivity contribution is 7.89. The molecule has 0 bridgehead atoms. The summed E-state index contributed by atoms with van der Waals surface area (Å²) in [6.07, 6.45) is 3.77. The predicted molar refractivity (Wildman–Crippen MR) is 77.1 cm³/mol. The lowest BCUT2D eigenvalue weighted by molar-refractivity contribution is 0.574. The van der Waals surface area contributed by atoms with Crippen LogP contribution >= 0.6 is 0 Å². The van der Waals surface area contributed by atoms with Gasteiger partial charge in [-0.2, -0.15) is 5.10 Å². The number of rotatable bonds is 6. The zero-order valence-corrected chi connectivity index (χ0v) is 12.4. The Hall–Kier alpha value is -1.77.